The highest BCUT2D eigenvalue weighted by Gasteiger charge is 2.13. The minimum atomic E-state index is -0.438. The third kappa shape index (κ3) is 5.50. The molecule has 160 valence electrons. The number of halogens is 1. The second kappa shape index (κ2) is 9.76. The SMILES string of the molecule is CN(CCc1nc2ccccc2[nH]1)CCc1nc(C(=O)NCc2ncccc2F)cs1. The maximum atomic E-state index is 13.6. The molecule has 7 nitrogen and oxygen atoms in total. The molecule has 0 saturated heterocycles. The Balaban J connectivity index is 1.22. The van der Waals surface area contributed by atoms with Gasteiger partial charge in [-0.3, -0.25) is 9.78 Å². The number of aromatic amines is 1. The van der Waals surface area contributed by atoms with Crippen LogP contribution in [0.5, 0.6) is 0 Å². The number of hydrogen-bond donors (Lipinski definition) is 2. The number of nitrogens with zero attached hydrogens (tertiary/aromatic N) is 4. The molecule has 4 rings (SSSR count). The molecule has 0 unspecified atom stereocenters. The van der Waals surface area contributed by atoms with Crippen molar-refractivity contribution < 1.29 is 9.18 Å². The average molecular weight is 439 g/mol. The predicted molar refractivity (Wildman–Crippen MR) is 118 cm³/mol. The first kappa shape index (κ1) is 21.1. The Hall–Kier alpha value is -3.17. The number of carbonyl (C=O) groups is 1. The third-order valence-corrected chi connectivity index (χ3v) is 5.82. The molecule has 31 heavy (non-hydrogen) atoms. The molecule has 0 aliphatic rings. The van der Waals surface area contributed by atoms with E-state index in [4.69, 9.17) is 0 Å². The van der Waals surface area contributed by atoms with E-state index in [9.17, 15) is 9.18 Å². The number of rotatable bonds is 9. The highest BCUT2D eigenvalue weighted by atomic mass is 32.1. The highest BCUT2D eigenvalue weighted by Crippen LogP contribution is 2.13. The van der Waals surface area contributed by atoms with Gasteiger partial charge in [-0.2, -0.15) is 0 Å². The summed E-state index contributed by atoms with van der Waals surface area (Å²) in [4.78, 5) is 30.8. The first-order chi connectivity index (χ1) is 15.1. The van der Waals surface area contributed by atoms with E-state index in [1.807, 2.05) is 24.3 Å². The largest absolute Gasteiger partial charge is 0.345 e. The van der Waals surface area contributed by atoms with Gasteiger partial charge in [0.1, 0.15) is 17.3 Å². The second-order valence-corrected chi connectivity index (χ2v) is 8.19. The van der Waals surface area contributed by atoms with Crippen LogP contribution in [-0.2, 0) is 19.4 Å². The molecule has 1 aromatic carbocycles. The van der Waals surface area contributed by atoms with E-state index in [2.05, 4.69) is 37.2 Å². The number of likely N-dealkylation sites (N-methyl/N-ethyl adjacent to an activating group) is 1. The van der Waals surface area contributed by atoms with E-state index in [-0.39, 0.29) is 18.1 Å². The quantitative estimate of drug-likeness (QED) is 0.419. The molecule has 3 heterocycles. The van der Waals surface area contributed by atoms with E-state index in [1.165, 1.54) is 29.7 Å². The number of fused-ring (bicyclic) bond motifs is 1. The van der Waals surface area contributed by atoms with E-state index >= 15 is 0 Å². The molecule has 9 heteroatoms. The summed E-state index contributed by atoms with van der Waals surface area (Å²) in [6.07, 6.45) is 3.08. The summed E-state index contributed by atoms with van der Waals surface area (Å²) in [5.41, 5.74) is 2.60. The Morgan fingerprint density at radius 3 is 2.84 bits per heavy atom. The number of benzene rings is 1. The lowest BCUT2D eigenvalue weighted by molar-refractivity contribution is 0.0945. The van der Waals surface area contributed by atoms with Gasteiger partial charge >= 0.3 is 0 Å². The van der Waals surface area contributed by atoms with Crippen molar-refractivity contribution in [2.24, 2.45) is 0 Å². The maximum absolute atomic E-state index is 13.6. The van der Waals surface area contributed by atoms with Crippen LogP contribution in [0.15, 0.2) is 48.0 Å². The van der Waals surface area contributed by atoms with Crippen molar-refractivity contribution in [3.05, 3.63) is 76.0 Å². The summed E-state index contributed by atoms with van der Waals surface area (Å²) < 4.78 is 13.6. The minimum absolute atomic E-state index is 0.0306. The summed E-state index contributed by atoms with van der Waals surface area (Å²) in [5.74, 6) is 0.212. The zero-order valence-corrected chi connectivity index (χ0v) is 18.0. The van der Waals surface area contributed by atoms with Crippen LogP contribution in [0.2, 0.25) is 0 Å². The van der Waals surface area contributed by atoms with Gasteiger partial charge < -0.3 is 15.2 Å². The Kier molecular flexibility index (Phi) is 6.63. The number of amides is 1. The average Bonchev–Trinajstić information content (AvgIpc) is 3.42. The van der Waals surface area contributed by atoms with Crippen LogP contribution < -0.4 is 5.32 Å². The number of nitrogens with one attached hydrogen (secondary N) is 2. The fourth-order valence-electron chi connectivity index (χ4n) is 3.15. The van der Waals surface area contributed by atoms with Gasteiger partial charge in [0.25, 0.3) is 5.91 Å². The Morgan fingerprint density at radius 1 is 1.16 bits per heavy atom. The van der Waals surface area contributed by atoms with E-state index in [0.717, 1.165) is 47.8 Å². The van der Waals surface area contributed by atoms with Gasteiger partial charge in [-0.25, -0.2) is 14.4 Å². The molecule has 0 fully saturated rings. The molecule has 0 aliphatic heterocycles. The Morgan fingerprint density at radius 2 is 2.00 bits per heavy atom. The fourth-order valence-corrected chi connectivity index (χ4v) is 3.92. The van der Waals surface area contributed by atoms with E-state index in [0.29, 0.717) is 5.69 Å². The van der Waals surface area contributed by atoms with Gasteiger partial charge in [-0.1, -0.05) is 12.1 Å². The van der Waals surface area contributed by atoms with Crippen LogP contribution in [0.1, 0.15) is 27.0 Å². The van der Waals surface area contributed by atoms with Crippen molar-refractivity contribution in [3.8, 4) is 0 Å². The molecule has 4 aromatic rings. The number of hydrogen-bond acceptors (Lipinski definition) is 6. The normalized spacial score (nSPS) is 11.3. The summed E-state index contributed by atoms with van der Waals surface area (Å²) in [6, 6.07) is 10.8. The van der Waals surface area contributed by atoms with Crippen LogP contribution in [0.25, 0.3) is 11.0 Å². The van der Waals surface area contributed by atoms with Gasteiger partial charge in [0.2, 0.25) is 0 Å². The number of imidazole rings is 1. The first-order valence-electron chi connectivity index (χ1n) is 10.0. The highest BCUT2D eigenvalue weighted by molar-refractivity contribution is 7.09. The summed E-state index contributed by atoms with van der Waals surface area (Å²) in [7, 11) is 2.06. The molecule has 0 bridgehead atoms. The number of thiazole rings is 1. The fraction of sp³-hybridized carbons (Fsp3) is 0.273. The minimum Gasteiger partial charge on any atom is -0.345 e. The lowest BCUT2D eigenvalue weighted by Crippen LogP contribution is -2.25. The van der Waals surface area contributed by atoms with Crippen LogP contribution in [0, 0.1) is 5.82 Å². The number of para-hydroxylation sites is 2. The van der Waals surface area contributed by atoms with Gasteiger partial charge in [-0.05, 0) is 31.3 Å². The summed E-state index contributed by atoms with van der Waals surface area (Å²) >= 11 is 1.46. The number of carbonyl (C=O) groups excluding carboxylic acids is 1. The molecule has 3 aromatic heterocycles. The second-order valence-electron chi connectivity index (χ2n) is 7.25. The van der Waals surface area contributed by atoms with E-state index < -0.39 is 5.82 Å². The van der Waals surface area contributed by atoms with Crippen molar-refractivity contribution >= 4 is 28.3 Å². The number of H-pyrrole nitrogens is 1. The zero-order chi connectivity index (χ0) is 21.6. The molecule has 0 aliphatic carbocycles. The standard InChI is InChI=1S/C22H23FN6OS/c1-29(11-8-20-26-16-6-2-3-7-17(16)27-20)12-9-21-28-19(14-31-21)22(30)25-13-18-15(23)5-4-10-24-18/h2-7,10,14H,8-9,11-13H2,1H3,(H,25,30)(H,26,27). The van der Waals surface area contributed by atoms with Crippen LogP contribution in [0.4, 0.5) is 4.39 Å². The Labute approximate surface area is 183 Å². The van der Waals surface area contributed by atoms with Crippen LogP contribution in [0.3, 0.4) is 0 Å². The third-order valence-electron chi connectivity index (χ3n) is 4.91. The summed E-state index contributed by atoms with van der Waals surface area (Å²) in [6.45, 7) is 1.73. The van der Waals surface area contributed by atoms with E-state index in [1.54, 1.807) is 5.38 Å². The van der Waals surface area contributed by atoms with Gasteiger partial charge in [0.05, 0.1) is 28.3 Å². The molecule has 0 radical (unpaired) electrons. The number of pyridine rings is 1. The lowest BCUT2D eigenvalue weighted by atomic mass is 10.3. The molecule has 2 N–H and O–H groups in total. The molecular weight excluding hydrogens is 415 g/mol. The van der Waals surface area contributed by atoms with Crippen molar-refractivity contribution in [1.29, 1.82) is 0 Å². The first-order valence-corrected chi connectivity index (χ1v) is 10.9. The Bertz CT molecular complexity index is 1140. The van der Waals surface area contributed by atoms with Crippen LogP contribution >= 0.6 is 11.3 Å². The molecule has 0 spiro atoms. The lowest BCUT2D eigenvalue weighted by Gasteiger charge is -2.14. The molecule has 0 saturated carbocycles. The monoisotopic (exact) mass is 438 g/mol. The molecule has 0 atom stereocenters. The van der Waals surface area contributed by atoms with Crippen molar-refractivity contribution in [2.45, 2.75) is 19.4 Å². The van der Waals surface area contributed by atoms with Crippen molar-refractivity contribution in [2.75, 3.05) is 20.1 Å². The molecular formula is C22H23FN6OS. The van der Waals surface area contributed by atoms with Gasteiger partial charge in [0.15, 0.2) is 0 Å². The van der Waals surface area contributed by atoms with Crippen molar-refractivity contribution in [1.82, 2.24) is 30.2 Å². The van der Waals surface area contributed by atoms with Gasteiger partial charge in [0, 0.05) is 37.5 Å². The predicted octanol–water partition coefficient (Wildman–Crippen LogP) is 3.20. The van der Waals surface area contributed by atoms with Gasteiger partial charge in [-0.15, -0.1) is 11.3 Å². The maximum Gasteiger partial charge on any atom is 0.271 e. The number of aromatic nitrogens is 4. The molecule has 1 amide bonds. The topological polar surface area (TPSA) is 86.8 Å². The van der Waals surface area contributed by atoms with Crippen molar-refractivity contribution in [3.63, 3.8) is 0 Å². The summed E-state index contributed by atoms with van der Waals surface area (Å²) in [5, 5.41) is 5.29. The van der Waals surface area contributed by atoms with Crippen LogP contribution in [-0.4, -0.2) is 50.9 Å². The zero-order valence-electron chi connectivity index (χ0n) is 17.1. The smallest absolute Gasteiger partial charge is 0.271 e.